The Labute approximate surface area is 189 Å². The lowest BCUT2D eigenvalue weighted by atomic mass is 9.88. The number of benzene rings is 2. The average molecular weight is 426 g/mol. The predicted molar refractivity (Wildman–Crippen MR) is 125 cm³/mol. The second kappa shape index (κ2) is 9.31. The minimum absolute atomic E-state index is 0.211. The van der Waals surface area contributed by atoms with Crippen LogP contribution in [0, 0.1) is 0 Å². The standard InChI is InChI=1S/C16H15N2O2.C12H14/c1-2-17-9-5-6-12(10-17)11-18-15(19)13-7-3-4-8-14(13)16(18)20;1-9-7-11-5-3-4-6-12(11)8-10(9)2/h3-10H,2,11H2,1H3;3-6H,7-8H2,1-2H3/q+1;. The topological polar surface area (TPSA) is 41.3 Å². The van der Waals surface area contributed by atoms with E-state index in [0.29, 0.717) is 17.7 Å². The fourth-order valence-electron chi connectivity index (χ4n) is 4.21. The summed E-state index contributed by atoms with van der Waals surface area (Å²) in [6.07, 6.45) is 6.24. The smallest absolute Gasteiger partial charge is 0.261 e. The molecule has 1 aliphatic heterocycles. The van der Waals surface area contributed by atoms with Crippen molar-refractivity contribution in [1.29, 1.82) is 0 Å². The number of fused-ring (bicyclic) bond motifs is 2. The van der Waals surface area contributed by atoms with Crippen LogP contribution in [0.4, 0.5) is 0 Å². The molecule has 3 aromatic rings. The van der Waals surface area contributed by atoms with Crippen LogP contribution in [0.3, 0.4) is 0 Å². The zero-order chi connectivity index (χ0) is 22.7. The van der Waals surface area contributed by atoms with Crippen molar-refractivity contribution in [3.8, 4) is 0 Å². The molecule has 2 aromatic carbocycles. The molecule has 0 bridgehead atoms. The Bertz CT molecular complexity index is 1140. The number of hydrogen-bond donors (Lipinski definition) is 0. The van der Waals surface area contributed by atoms with Gasteiger partial charge >= 0.3 is 0 Å². The van der Waals surface area contributed by atoms with Crippen LogP contribution in [0.15, 0.2) is 84.2 Å². The summed E-state index contributed by atoms with van der Waals surface area (Å²) in [7, 11) is 0. The summed E-state index contributed by atoms with van der Waals surface area (Å²) in [6.45, 7) is 7.70. The monoisotopic (exact) mass is 425 g/mol. The van der Waals surface area contributed by atoms with Crippen LogP contribution in [-0.2, 0) is 25.9 Å². The van der Waals surface area contributed by atoms with E-state index in [4.69, 9.17) is 0 Å². The molecule has 0 saturated carbocycles. The van der Waals surface area contributed by atoms with Gasteiger partial charge in [-0.05, 0) is 62.9 Å². The normalized spacial score (nSPS) is 14.7. The third-order valence-corrected chi connectivity index (χ3v) is 6.26. The molecular formula is C28H29N2O2+. The Morgan fingerprint density at radius 3 is 1.84 bits per heavy atom. The first-order chi connectivity index (χ1) is 15.5. The van der Waals surface area contributed by atoms with Crippen molar-refractivity contribution in [2.45, 2.75) is 46.7 Å². The largest absolute Gasteiger partial charge is 0.270 e. The number of aryl methyl sites for hydroxylation is 1. The molecule has 4 heteroatoms. The van der Waals surface area contributed by atoms with E-state index in [1.807, 2.05) is 36.0 Å². The highest BCUT2D eigenvalue weighted by Gasteiger charge is 2.35. The van der Waals surface area contributed by atoms with E-state index >= 15 is 0 Å². The van der Waals surface area contributed by atoms with E-state index in [-0.39, 0.29) is 11.8 Å². The van der Waals surface area contributed by atoms with Gasteiger partial charge in [-0.2, -0.15) is 0 Å². The molecule has 0 fully saturated rings. The third-order valence-electron chi connectivity index (χ3n) is 6.26. The van der Waals surface area contributed by atoms with Gasteiger partial charge in [0.25, 0.3) is 11.8 Å². The Morgan fingerprint density at radius 2 is 1.31 bits per heavy atom. The maximum absolute atomic E-state index is 12.3. The van der Waals surface area contributed by atoms with E-state index in [2.05, 4.69) is 38.1 Å². The molecule has 0 saturated heterocycles. The number of hydrogen-bond acceptors (Lipinski definition) is 2. The minimum Gasteiger partial charge on any atom is -0.270 e. The van der Waals surface area contributed by atoms with Gasteiger partial charge in [-0.15, -0.1) is 0 Å². The summed E-state index contributed by atoms with van der Waals surface area (Å²) in [5.74, 6) is -0.421. The molecule has 2 heterocycles. The van der Waals surface area contributed by atoms with Crippen molar-refractivity contribution in [1.82, 2.24) is 4.90 Å². The number of pyridine rings is 1. The quantitative estimate of drug-likeness (QED) is 0.340. The molecule has 0 radical (unpaired) electrons. The van der Waals surface area contributed by atoms with E-state index in [1.165, 1.54) is 16.0 Å². The van der Waals surface area contributed by atoms with Crippen molar-refractivity contribution in [3.63, 3.8) is 0 Å². The van der Waals surface area contributed by atoms with Gasteiger partial charge in [-0.1, -0.05) is 47.5 Å². The third kappa shape index (κ3) is 4.40. The number of amides is 2. The van der Waals surface area contributed by atoms with Gasteiger partial charge in [-0.3, -0.25) is 14.5 Å². The molecule has 0 atom stereocenters. The van der Waals surface area contributed by atoms with E-state index in [1.54, 1.807) is 35.4 Å². The SMILES string of the molecule is CC1=C(C)Cc2ccccc2C1.CC[n+]1cccc(CN2C(=O)c3ccccc3C2=O)c1. The summed E-state index contributed by atoms with van der Waals surface area (Å²) in [6, 6.07) is 19.6. The first-order valence-corrected chi connectivity index (χ1v) is 11.1. The Morgan fingerprint density at radius 1 is 0.781 bits per heavy atom. The number of allylic oxidation sites excluding steroid dienone is 2. The van der Waals surface area contributed by atoms with Crippen LogP contribution >= 0.6 is 0 Å². The van der Waals surface area contributed by atoms with Crippen molar-refractivity contribution in [3.05, 3.63) is 112 Å². The van der Waals surface area contributed by atoms with Gasteiger partial charge in [0.15, 0.2) is 12.4 Å². The van der Waals surface area contributed by atoms with Crippen LogP contribution < -0.4 is 4.57 Å². The second-order valence-electron chi connectivity index (χ2n) is 8.47. The van der Waals surface area contributed by atoms with Gasteiger partial charge in [0.1, 0.15) is 6.54 Å². The number of carbonyl (C=O) groups is 2. The van der Waals surface area contributed by atoms with Gasteiger partial charge in [0.05, 0.1) is 17.7 Å². The second-order valence-corrected chi connectivity index (χ2v) is 8.47. The highest BCUT2D eigenvalue weighted by atomic mass is 16.2. The predicted octanol–water partition coefficient (Wildman–Crippen LogP) is 4.91. The Hall–Kier alpha value is -3.53. The van der Waals surface area contributed by atoms with Gasteiger partial charge < -0.3 is 0 Å². The fourth-order valence-corrected chi connectivity index (χ4v) is 4.21. The highest BCUT2D eigenvalue weighted by molar-refractivity contribution is 6.21. The fraction of sp³-hybridized carbons (Fsp3) is 0.250. The molecule has 2 aliphatic rings. The molecule has 2 amide bonds. The van der Waals surface area contributed by atoms with Crippen LogP contribution in [0.25, 0.3) is 0 Å². The van der Waals surface area contributed by atoms with E-state index < -0.39 is 0 Å². The summed E-state index contributed by atoms with van der Waals surface area (Å²) in [4.78, 5) is 25.8. The minimum atomic E-state index is -0.211. The van der Waals surface area contributed by atoms with Crippen LogP contribution in [-0.4, -0.2) is 16.7 Å². The molecule has 162 valence electrons. The molecule has 5 rings (SSSR count). The molecule has 1 aliphatic carbocycles. The lowest BCUT2D eigenvalue weighted by Crippen LogP contribution is -2.34. The molecule has 1 aromatic heterocycles. The lowest BCUT2D eigenvalue weighted by Gasteiger charge is -2.18. The van der Waals surface area contributed by atoms with Crippen LogP contribution in [0.2, 0.25) is 0 Å². The number of carbonyl (C=O) groups excluding carboxylic acids is 2. The molecule has 0 spiro atoms. The van der Waals surface area contributed by atoms with E-state index in [9.17, 15) is 9.59 Å². The molecule has 0 unspecified atom stereocenters. The highest BCUT2D eigenvalue weighted by Crippen LogP contribution is 2.25. The van der Waals surface area contributed by atoms with Crippen molar-refractivity contribution < 1.29 is 14.2 Å². The first-order valence-electron chi connectivity index (χ1n) is 11.1. The van der Waals surface area contributed by atoms with Gasteiger partial charge in [0.2, 0.25) is 0 Å². The molecular weight excluding hydrogens is 396 g/mol. The van der Waals surface area contributed by atoms with Gasteiger partial charge in [0, 0.05) is 11.6 Å². The maximum atomic E-state index is 12.3. The number of nitrogens with zero attached hydrogens (tertiary/aromatic N) is 2. The summed E-state index contributed by atoms with van der Waals surface area (Å²) in [5, 5.41) is 0. The molecule has 32 heavy (non-hydrogen) atoms. The summed E-state index contributed by atoms with van der Waals surface area (Å²) >= 11 is 0. The Kier molecular flexibility index (Phi) is 6.31. The summed E-state index contributed by atoms with van der Waals surface area (Å²) < 4.78 is 2.02. The number of rotatable bonds is 3. The van der Waals surface area contributed by atoms with Crippen molar-refractivity contribution in [2.75, 3.05) is 0 Å². The number of aromatic nitrogens is 1. The Balaban J connectivity index is 0.000000174. The maximum Gasteiger partial charge on any atom is 0.261 e. The van der Waals surface area contributed by atoms with Crippen LogP contribution in [0.5, 0.6) is 0 Å². The molecule has 0 N–H and O–H groups in total. The van der Waals surface area contributed by atoms with Crippen molar-refractivity contribution >= 4 is 11.8 Å². The van der Waals surface area contributed by atoms with Crippen molar-refractivity contribution in [2.24, 2.45) is 0 Å². The molecule has 4 nitrogen and oxygen atoms in total. The summed E-state index contributed by atoms with van der Waals surface area (Å²) in [5.41, 5.74) is 8.07. The zero-order valence-corrected chi connectivity index (χ0v) is 19.0. The van der Waals surface area contributed by atoms with Gasteiger partial charge in [-0.25, -0.2) is 4.57 Å². The lowest BCUT2D eigenvalue weighted by molar-refractivity contribution is -0.694. The van der Waals surface area contributed by atoms with E-state index in [0.717, 1.165) is 24.9 Å². The number of imide groups is 1. The average Bonchev–Trinajstić information content (AvgIpc) is 3.05. The van der Waals surface area contributed by atoms with Crippen LogP contribution in [0.1, 0.15) is 58.2 Å². The first kappa shape index (κ1) is 21.7. The zero-order valence-electron chi connectivity index (χ0n) is 19.0.